The van der Waals surface area contributed by atoms with Crippen molar-refractivity contribution in [1.29, 1.82) is 0 Å². The number of anilines is 6. The first kappa shape index (κ1) is 42.7. The van der Waals surface area contributed by atoms with Crippen LogP contribution in [0.15, 0.2) is 212 Å². The van der Waals surface area contributed by atoms with Crippen LogP contribution in [-0.2, 0) is 10.8 Å². The summed E-state index contributed by atoms with van der Waals surface area (Å²) in [5, 5.41) is 14.7. The van der Waals surface area contributed by atoms with Crippen molar-refractivity contribution < 1.29 is 0 Å². The van der Waals surface area contributed by atoms with Gasteiger partial charge < -0.3 is 14.2 Å². The summed E-state index contributed by atoms with van der Waals surface area (Å²) in [5.41, 5.74) is 15.8. The average Bonchev–Trinajstić information content (AvgIpc) is 4.18. The van der Waals surface area contributed by atoms with Gasteiger partial charge in [-0.3, -0.25) is 4.40 Å². The number of pyridine rings is 1. The third-order valence-corrected chi connectivity index (χ3v) is 16.0. The molecule has 0 fully saturated rings. The van der Waals surface area contributed by atoms with Gasteiger partial charge in [0.1, 0.15) is 5.65 Å². The van der Waals surface area contributed by atoms with Crippen LogP contribution in [0.3, 0.4) is 0 Å². The van der Waals surface area contributed by atoms with Gasteiger partial charge >= 0.3 is 0 Å². The van der Waals surface area contributed by atoms with E-state index in [1.807, 2.05) is 0 Å². The van der Waals surface area contributed by atoms with E-state index in [1.54, 1.807) is 0 Å². The Bertz CT molecular complexity index is 4630. The van der Waals surface area contributed by atoms with Crippen LogP contribution in [-0.4, -0.2) is 13.8 Å². The molecule has 15 rings (SSSR count). The van der Waals surface area contributed by atoms with Crippen molar-refractivity contribution in [3.05, 3.63) is 224 Å². The topological polar surface area (TPSA) is 28.2 Å². The molecule has 0 saturated carbocycles. The standard InChI is InChI=1S/C69H53N5/c1-68(2,3)44-37-54-55-38-45(69(4,5)6)40-57(71(46-25-11-7-12-26-46)47-27-13-8-14-28-47)63(55)74-62(54)56(39-44)60-61-58(41-70-67(60)74)73-64-52(35-42-23-19-21-33-50(42)59(61)64)53-36-43-24-20-22-34-51(43)65(66(53)73)72(48-29-15-9-16-30-48)49-31-17-10-18-32-49/h7-41H,1-6H3. The largest absolute Gasteiger partial charge is 0.308 e. The van der Waals surface area contributed by atoms with Crippen molar-refractivity contribution in [2.75, 3.05) is 9.80 Å². The maximum Gasteiger partial charge on any atom is 0.146 e. The van der Waals surface area contributed by atoms with Gasteiger partial charge in [0.15, 0.2) is 0 Å². The molecule has 0 radical (unpaired) electrons. The molecule has 5 nitrogen and oxygen atoms in total. The van der Waals surface area contributed by atoms with Crippen molar-refractivity contribution in [1.82, 2.24) is 13.8 Å². The third kappa shape index (κ3) is 5.95. The van der Waals surface area contributed by atoms with Gasteiger partial charge in [0.05, 0.1) is 45.2 Å². The fourth-order valence-electron chi connectivity index (χ4n) is 12.5. The second-order valence-electron chi connectivity index (χ2n) is 22.4. The quantitative estimate of drug-likeness (QED) is 0.166. The van der Waals surface area contributed by atoms with Crippen LogP contribution < -0.4 is 9.80 Å². The Morgan fingerprint density at radius 2 is 0.797 bits per heavy atom. The molecule has 74 heavy (non-hydrogen) atoms. The Morgan fingerprint density at radius 3 is 1.36 bits per heavy atom. The molecule has 354 valence electrons. The first-order chi connectivity index (χ1) is 36.0. The van der Waals surface area contributed by atoms with Crippen LogP contribution in [0.25, 0.3) is 97.9 Å². The summed E-state index contributed by atoms with van der Waals surface area (Å²) in [6, 6.07) is 76.2. The van der Waals surface area contributed by atoms with Crippen molar-refractivity contribution in [2.24, 2.45) is 0 Å². The van der Waals surface area contributed by atoms with Crippen molar-refractivity contribution in [2.45, 2.75) is 52.4 Å². The lowest BCUT2D eigenvalue weighted by Crippen LogP contribution is -2.15. The molecular formula is C69H53N5. The molecule has 5 heteroatoms. The Morgan fingerprint density at radius 1 is 0.351 bits per heavy atom. The lowest BCUT2D eigenvalue weighted by Gasteiger charge is -2.29. The summed E-state index contributed by atoms with van der Waals surface area (Å²) in [4.78, 5) is 10.7. The van der Waals surface area contributed by atoms with Gasteiger partial charge in [0, 0.05) is 71.2 Å². The van der Waals surface area contributed by atoms with Gasteiger partial charge in [-0.15, -0.1) is 0 Å². The molecular weight excluding hydrogens is 899 g/mol. The minimum Gasteiger partial charge on any atom is -0.308 e. The fraction of sp³-hybridized carbons (Fsp3) is 0.116. The predicted octanol–water partition coefficient (Wildman–Crippen LogP) is 19.2. The normalized spacial score (nSPS) is 12.7. The van der Waals surface area contributed by atoms with E-state index in [2.05, 4.69) is 273 Å². The summed E-state index contributed by atoms with van der Waals surface area (Å²) in [6.45, 7) is 14.1. The van der Waals surface area contributed by atoms with E-state index in [0.717, 1.165) is 50.8 Å². The highest BCUT2D eigenvalue weighted by atomic mass is 15.2. The summed E-state index contributed by atoms with van der Waals surface area (Å²) in [5.74, 6) is 0. The molecule has 0 amide bonds. The van der Waals surface area contributed by atoms with E-state index in [0.29, 0.717) is 0 Å². The van der Waals surface area contributed by atoms with E-state index >= 15 is 0 Å². The smallest absolute Gasteiger partial charge is 0.146 e. The molecule has 0 unspecified atom stereocenters. The monoisotopic (exact) mass is 951 g/mol. The van der Waals surface area contributed by atoms with Gasteiger partial charge in [-0.2, -0.15) is 0 Å². The minimum absolute atomic E-state index is 0.126. The minimum atomic E-state index is -0.139. The number of aromatic nitrogens is 3. The number of rotatable bonds is 6. The summed E-state index contributed by atoms with van der Waals surface area (Å²) in [6.07, 6.45) is 2.19. The second kappa shape index (κ2) is 15.3. The number of benzene rings is 10. The highest BCUT2D eigenvalue weighted by Crippen LogP contribution is 2.54. The lowest BCUT2D eigenvalue weighted by molar-refractivity contribution is 0.591. The molecule has 0 spiro atoms. The van der Waals surface area contributed by atoms with Gasteiger partial charge in [-0.25, -0.2) is 4.98 Å². The zero-order valence-electron chi connectivity index (χ0n) is 42.4. The summed E-state index contributed by atoms with van der Waals surface area (Å²) < 4.78 is 5.11. The molecule has 0 saturated heterocycles. The highest BCUT2D eigenvalue weighted by molar-refractivity contribution is 6.40. The molecule has 0 atom stereocenters. The predicted molar refractivity (Wildman–Crippen MR) is 315 cm³/mol. The molecule has 5 heterocycles. The Labute approximate surface area is 429 Å². The maximum absolute atomic E-state index is 5.80. The second-order valence-corrected chi connectivity index (χ2v) is 22.4. The van der Waals surface area contributed by atoms with Crippen molar-refractivity contribution in [3.63, 3.8) is 0 Å². The fourth-order valence-corrected chi connectivity index (χ4v) is 12.5. The Hall–Kier alpha value is -8.93. The molecule has 0 aliphatic heterocycles. The van der Waals surface area contributed by atoms with E-state index in [-0.39, 0.29) is 10.8 Å². The Kier molecular flexibility index (Phi) is 8.83. The number of hydrogen-bond donors (Lipinski definition) is 0. The van der Waals surface area contributed by atoms with E-state index in [9.17, 15) is 0 Å². The Balaban J connectivity index is 1.19. The first-order valence-corrected chi connectivity index (χ1v) is 26.0. The molecule has 0 N–H and O–H groups in total. The molecule has 15 aromatic rings. The highest BCUT2D eigenvalue weighted by Gasteiger charge is 2.33. The third-order valence-electron chi connectivity index (χ3n) is 16.0. The SMILES string of the molecule is CC(C)(C)c1cc(N(c2ccccc2)c2ccccc2)c2c(c1)c1cc(C(C)(C)C)cc3c4c5c6c7ccccc7cc7c8cc9ccccc9c(N(c9ccccc9)c9ccccc9)c8n(c5cnc4n2c13)c76. The number of hydrogen-bond acceptors (Lipinski definition) is 3. The molecule has 0 aliphatic rings. The summed E-state index contributed by atoms with van der Waals surface area (Å²) >= 11 is 0. The number of fused-ring (bicyclic) bond motifs is 16. The van der Waals surface area contributed by atoms with Crippen LogP contribution in [0.4, 0.5) is 34.1 Å². The molecule has 5 aromatic heterocycles. The van der Waals surface area contributed by atoms with E-state index in [1.165, 1.54) is 92.3 Å². The van der Waals surface area contributed by atoms with E-state index in [4.69, 9.17) is 4.98 Å². The number of nitrogens with zero attached hydrogens (tertiary/aromatic N) is 5. The van der Waals surface area contributed by atoms with Gasteiger partial charge in [-0.1, -0.05) is 163 Å². The maximum atomic E-state index is 5.80. The van der Waals surface area contributed by atoms with Gasteiger partial charge in [0.2, 0.25) is 0 Å². The zero-order valence-corrected chi connectivity index (χ0v) is 42.4. The van der Waals surface area contributed by atoms with Gasteiger partial charge in [-0.05, 0) is 123 Å². The molecule has 0 aliphatic carbocycles. The molecule has 10 aromatic carbocycles. The van der Waals surface area contributed by atoms with E-state index < -0.39 is 0 Å². The lowest BCUT2D eigenvalue weighted by atomic mass is 9.84. The van der Waals surface area contributed by atoms with Crippen LogP contribution in [0.5, 0.6) is 0 Å². The zero-order chi connectivity index (χ0) is 49.8. The summed E-state index contributed by atoms with van der Waals surface area (Å²) in [7, 11) is 0. The van der Waals surface area contributed by atoms with Crippen LogP contribution in [0.2, 0.25) is 0 Å². The molecule has 0 bridgehead atoms. The van der Waals surface area contributed by atoms with Crippen LogP contribution >= 0.6 is 0 Å². The van der Waals surface area contributed by atoms with Crippen LogP contribution in [0, 0.1) is 0 Å². The van der Waals surface area contributed by atoms with Crippen LogP contribution in [0.1, 0.15) is 52.7 Å². The van der Waals surface area contributed by atoms with Crippen molar-refractivity contribution >= 4 is 132 Å². The average molecular weight is 952 g/mol. The van der Waals surface area contributed by atoms with Gasteiger partial charge in [0.25, 0.3) is 0 Å². The van der Waals surface area contributed by atoms with Crippen molar-refractivity contribution in [3.8, 4) is 0 Å². The first-order valence-electron chi connectivity index (χ1n) is 26.0. The number of para-hydroxylation sites is 4.